The fraction of sp³-hybridized carbons (Fsp3) is 0.125. The fourth-order valence-electron chi connectivity index (χ4n) is 2.75. The van der Waals surface area contributed by atoms with Gasteiger partial charge in [0.1, 0.15) is 5.75 Å². The number of halogens is 1. The predicted molar refractivity (Wildman–Crippen MR) is 134 cm³/mol. The highest BCUT2D eigenvalue weighted by molar-refractivity contribution is 7.80. The lowest BCUT2D eigenvalue weighted by Crippen LogP contribution is -2.23. The summed E-state index contributed by atoms with van der Waals surface area (Å²) in [4.78, 5) is 12.5. The number of benzene rings is 3. The van der Waals surface area contributed by atoms with Crippen molar-refractivity contribution < 1.29 is 19.0 Å². The van der Waals surface area contributed by atoms with E-state index < -0.39 is 5.97 Å². The molecule has 0 atom stereocenters. The van der Waals surface area contributed by atoms with E-state index in [1.165, 1.54) is 7.11 Å². The number of ether oxygens (including phenoxy) is 3. The van der Waals surface area contributed by atoms with E-state index in [-0.39, 0.29) is 0 Å². The fourth-order valence-corrected chi connectivity index (χ4v) is 3.11. The Bertz CT molecular complexity index is 1150. The van der Waals surface area contributed by atoms with Crippen LogP contribution in [0.1, 0.15) is 22.8 Å². The minimum absolute atomic E-state index is 0.291. The highest BCUT2D eigenvalue weighted by atomic mass is 35.5. The van der Waals surface area contributed by atoms with E-state index in [4.69, 9.17) is 38.0 Å². The molecule has 3 aromatic rings. The summed E-state index contributed by atoms with van der Waals surface area (Å²) in [6.07, 6.45) is 1.56. The van der Waals surface area contributed by atoms with Crippen molar-refractivity contribution in [2.24, 2.45) is 5.10 Å². The average Bonchev–Trinajstić information content (AvgIpc) is 2.80. The lowest BCUT2D eigenvalue weighted by molar-refractivity contribution is 0.0729. The summed E-state index contributed by atoms with van der Waals surface area (Å²) in [6, 6.07) is 19.0. The van der Waals surface area contributed by atoms with Crippen molar-refractivity contribution in [1.29, 1.82) is 0 Å². The summed E-state index contributed by atoms with van der Waals surface area (Å²) in [5.74, 6) is 0.862. The molecule has 0 fully saturated rings. The second-order valence-corrected chi connectivity index (χ2v) is 7.44. The normalized spacial score (nSPS) is 10.5. The predicted octanol–water partition coefficient (Wildman–Crippen LogP) is 5.29. The van der Waals surface area contributed by atoms with Gasteiger partial charge in [-0.15, -0.1) is 0 Å². The topological polar surface area (TPSA) is 81.2 Å². The van der Waals surface area contributed by atoms with Gasteiger partial charge in [0.15, 0.2) is 16.6 Å². The number of methoxy groups -OCH3 is 1. The molecule has 2 N–H and O–H groups in total. The molecule has 0 aliphatic carbocycles. The van der Waals surface area contributed by atoms with Crippen LogP contribution >= 0.6 is 23.8 Å². The lowest BCUT2D eigenvalue weighted by atomic mass is 10.2. The van der Waals surface area contributed by atoms with Crippen molar-refractivity contribution in [3.63, 3.8) is 0 Å². The van der Waals surface area contributed by atoms with Gasteiger partial charge in [-0.2, -0.15) is 5.10 Å². The number of hydrogen-bond acceptors (Lipinski definition) is 6. The summed E-state index contributed by atoms with van der Waals surface area (Å²) in [7, 11) is 1.49. The number of carbonyl (C=O) groups is 1. The van der Waals surface area contributed by atoms with Gasteiger partial charge in [-0.25, -0.2) is 4.79 Å². The second-order valence-electron chi connectivity index (χ2n) is 6.59. The van der Waals surface area contributed by atoms with Crippen LogP contribution in [0.2, 0.25) is 5.02 Å². The summed E-state index contributed by atoms with van der Waals surface area (Å²) in [5.41, 5.74) is 4.59. The van der Waals surface area contributed by atoms with Crippen molar-refractivity contribution in [3.8, 4) is 17.2 Å². The maximum atomic E-state index is 12.5. The molecule has 0 radical (unpaired) electrons. The minimum Gasteiger partial charge on any atom is -0.494 e. The second kappa shape index (κ2) is 11.8. The van der Waals surface area contributed by atoms with Crippen LogP contribution in [0.3, 0.4) is 0 Å². The van der Waals surface area contributed by atoms with E-state index in [0.717, 1.165) is 5.69 Å². The van der Waals surface area contributed by atoms with E-state index in [2.05, 4.69) is 15.8 Å². The highest BCUT2D eigenvalue weighted by Crippen LogP contribution is 2.28. The number of hydrazone groups is 1. The zero-order valence-corrected chi connectivity index (χ0v) is 19.6. The molecule has 7 nitrogen and oxygen atoms in total. The third kappa shape index (κ3) is 7.20. The first-order valence-electron chi connectivity index (χ1n) is 9.97. The molecule has 9 heteroatoms. The Hall–Kier alpha value is -3.62. The first-order chi connectivity index (χ1) is 16.0. The Morgan fingerprint density at radius 2 is 1.88 bits per heavy atom. The van der Waals surface area contributed by atoms with Gasteiger partial charge in [-0.05, 0) is 85.4 Å². The van der Waals surface area contributed by atoms with Crippen LogP contribution in [0.4, 0.5) is 5.69 Å². The Kier molecular flexibility index (Phi) is 8.63. The third-order valence-electron chi connectivity index (χ3n) is 4.25. The zero-order chi connectivity index (χ0) is 23.6. The van der Waals surface area contributed by atoms with Gasteiger partial charge in [0.05, 0.1) is 25.5 Å². The van der Waals surface area contributed by atoms with E-state index in [9.17, 15) is 4.79 Å². The van der Waals surface area contributed by atoms with E-state index in [0.29, 0.717) is 45.1 Å². The Balaban J connectivity index is 1.60. The molecule has 0 spiro atoms. The molecule has 0 aliphatic rings. The molecule has 0 unspecified atom stereocenters. The Morgan fingerprint density at radius 1 is 1.09 bits per heavy atom. The molecule has 0 aliphatic heterocycles. The standard InChI is InChI=1S/C24H22ClN3O4S/c1-3-31-20-10-8-17(9-11-20)23(29)32-21-12-7-16(13-22(21)30-2)15-26-28-24(33)27-19-6-4-5-18(25)14-19/h4-15H,3H2,1-2H3,(H2,27,28,33). The number of carbonyl (C=O) groups excluding carboxylic acids is 1. The number of nitrogens with zero attached hydrogens (tertiary/aromatic N) is 1. The minimum atomic E-state index is -0.503. The Morgan fingerprint density at radius 3 is 2.58 bits per heavy atom. The summed E-state index contributed by atoms with van der Waals surface area (Å²) in [6.45, 7) is 2.45. The van der Waals surface area contributed by atoms with Crippen molar-refractivity contribution in [1.82, 2.24) is 5.43 Å². The van der Waals surface area contributed by atoms with Gasteiger partial charge < -0.3 is 19.5 Å². The van der Waals surface area contributed by atoms with Crippen molar-refractivity contribution >= 4 is 46.8 Å². The number of nitrogens with one attached hydrogen (secondary N) is 2. The average molecular weight is 484 g/mol. The van der Waals surface area contributed by atoms with Crippen molar-refractivity contribution in [3.05, 3.63) is 82.9 Å². The van der Waals surface area contributed by atoms with Gasteiger partial charge in [0.2, 0.25) is 0 Å². The molecule has 3 rings (SSSR count). The van der Waals surface area contributed by atoms with Crippen LogP contribution in [-0.2, 0) is 0 Å². The van der Waals surface area contributed by atoms with Crippen LogP contribution in [0, 0.1) is 0 Å². The maximum absolute atomic E-state index is 12.5. The number of esters is 1. The quantitative estimate of drug-likeness (QED) is 0.148. The van der Waals surface area contributed by atoms with Gasteiger partial charge in [0, 0.05) is 10.7 Å². The first-order valence-corrected chi connectivity index (χ1v) is 10.8. The molecule has 0 heterocycles. The van der Waals surface area contributed by atoms with Gasteiger partial charge in [-0.1, -0.05) is 17.7 Å². The summed E-state index contributed by atoms with van der Waals surface area (Å²) in [5, 5.41) is 8.00. The number of hydrogen-bond donors (Lipinski definition) is 2. The molecular weight excluding hydrogens is 462 g/mol. The van der Waals surface area contributed by atoms with Gasteiger partial charge >= 0.3 is 5.97 Å². The van der Waals surface area contributed by atoms with E-state index in [1.807, 2.05) is 19.1 Å². The zero-order valence-electron chi connectivity index (χ0n) is 18.0. The highest BCUT2D eigenvalue weighted by Gasteiger charge is 2.13. The van der Waals surface area contributed by atoms with Crippen LogP contribution < -0.4 is 25.0 Å². The van der Waals surface area contributed by atoms with Crippen LogP contribution in [0.25, 0.3) is 0 Å². The third-order valence-corrected chi connectivity index (χ3v) is 4.68. The summed E-state index contributed by atoms with van der Waals surface area (Å²) < 4.78 is 16.2. The van der Waals surface area contributed by atoms with Crippen molar-refractivity contribution in [2.45, 2.75) is 6.92 Å². The van der Waals surface area contributed by atoms with Crippen molar-refractivity contribution in [2.75, 3.05) is 19.0 Å². The largest absolute Gasteiger partial charge is 0.494 e. The van der Waals surface area contributed by atoms with Gasteiger partial charge in [0.25, 0.3) is 0 Å². The lowest BCUT2D eigenvalue weighted by Gasteiger charge is -2.10. The molecule has 33 heavy (non-hydrogen) atoms. The molecule has 0 saturated heterocycles. The molecule has 0 saturated carbocycles. The van der Waals surface area contributed by atoms with Gasteiger partial charge in [-0.3, -0.25) is 5.43 Å². The summed E-state index contributed by atoms with van der Waals surface area (Å²) >= 11 is 11.2. The number of rotatable bonds is 8. The van der Waals surface area contributed by atoms with Crippen LogP contribution in [0.5, 0.6) is 17.2 Å². The maximum Gasteiger partial charge on any atom is 0.343 e. The molecule has 0 bridgehead atoms. The smallest absolute Gasteiger partial charge is 0.343 e. The monoisotopic (exact) mass is 483 g/mol. The molecular formula is C24H22ClN3O4S. The SMILES string of the molecule is CCOc1ccc(C(=O)Oc2ccc(C=NNC(=S)Nc3cccc(Cl)c3)cc2OC)cc1. The first kappa shape index (κ1) is 24.0. The van der Waals surface area contributed by atoms with E-state index in [1.54, 1.807) is 60.8 Å². The molecule has 3 aromatic carbocycles. The number of thiocarbonyl (C=S) groups is 1. The molecule has 170 valence electrons. The molecule has 0 aromatic heterocycles. The number of anilines is 1. The Labute approximate surface area is 202 Å². The molecule has 0 amide bonds. The van der Waals surface area contributed by atoms with Crippen LogP contribution in [-0.4, -0.2) is 31.0 Å². The van der Waals surface area contributed by atoms with Crippen LogP contribution in [0.15, 0.2) is 71.8 Å². The van der Waals surface area contributed by atoms with E-state index >= 15 is 0 Å².